The van der Waals surface area contributed by atoms with Gasteiger partial charge in [-0.1, -0.05) is 18.2 Å². The van der Waals surface area contributed by atoms with E-state index in [2.05, 4.69) is 0 Å². The van der Waals surface area contributed by atoms with Gasteiger partial charge in [0.15, 0.2) is 11.5 Å². The summed E-state index contributed by atoms with van der Waals surface area (Å²) in [5, 5.41) is 80.0. The SMILES string of the molecule is COc1ccc([C@H]2Cc3cccc(O[C@@H]4O[C@H](CO)[C@@H](O)C(O)[C@H]4O)c3C(=O)O2)cc1O[C@@H]1OC(CO)[C@@H](O)[C@H](O)[C@H]1O. The summed E-state index contributed by atoms with van der Waals surface area (Å²) in [6.07, 6.45) is -15.8. The molecule has 0 amide bonds. The second-order valence-electron chi connectivity index (χ2n) is 10.4. The van der Waals surface area contributed by atoms with E-state index >= 15 is 0 Å². The van der Waals surface area contributed by atoms with E-state index in [-0.39, 0.29) is 29.2 Å². The van der Waals surface area contributed by atoms with E-state index in [4.69, 9.17) is 28.4 Å². The predicted octanol–water partition coefficient (Wildman–Crippen LogP) is -2.49. The zero-order valence-electron chi connectivity index (χ0n) is 22.9. The van der Waals surface area contributed by atoms with Gasteiger partial charge >= 0.3 is 5.97 Å². The summed E-state index contributed by atoms with van der Waals surface area (Å²) in [7, 11) is 1.38. The maximum Gasteiger partial charge on any atom is 0.342 e. The number of methoxy groups -OCH3 is 1. The molecule has 15 nitrogen and oxygen atoms in total. The quantitative estimate of drug-likeness (QED) is 0.144. The van der Waals surface area contributed by atoms with Crippen LogP contribution in [-0.2, 0) is 20.6 Å². The molecule has 0 saturated carbocycles. The van der Waals surface area contributed by atoms with Crippen molar-refractivity contribution in [2.75, 3.05) is 20.3 Å². The zero-order valence-corrected chi connectivity index (χ0v) is 22.9. The van der Waals surface area contributed by atoms with Gasteiger partial charge in [0.25, 0.3) is 0 Å². The van der Waals surface area contributed by atoms with Gasteiger partial charge in [-0.15, -0.1) is 0 Å². The van der Waals surface area contributed by atoms with Crippen molar-refractivity contribution < 1.29 is 74.1 Å². The molecule has 8 N–H and O–H groups in total. The predicted molar refractivity (Wildman–Crippen MR) is 140 cm³/mol. The van der Waals surface area contributed by atoms with Gasteiger partial charge in [0.1, 0.15) is 66.2 Å². The Hall–Kier alpha value is -3.09. The van der Waals surface area contributed by atoms with Crippen LogP contribution in [0.2, 0.25) is 0 Å². The van der Waals surface area contributed by atoms with Crippen molar-refractivity contribution in [3.63, 3.8) is 0 Å². The molecule has 3 heterocycles. The molecule has 2 aromatic rings. The van der Waals surface area contributed by atoms with E-state index in [1.807, 2.05) is 0 Å². The molecule has 0 radical (unpaired) electrons. The Morgan fingerprint density at radius 2 is 1.33 bits per heavy atom. The lowest BCUT2D eigenvalue weighted by atomic mass is 9.93. The van der Waals surface area contributed by atoms with Crippen LogP contribution in [0.4, 0.5) is 0 Å². The van der Waals surface area contributed by atoms with E-state index in [1.165, 1.54) is 25.3 Å². The highest BCUT2D eigenvalue weighted by Gasteiger charge is 2.46. The molecule has 0 aliphatic carbocycles. The van der Waals surface area contributed by atoms with Crippen LogP contribution in [-0.4, -0.2) is 129 Å². The average Bonchev–Trinajstić information content (AvgIpc) is 3.01. The van der Waals surface area contributed by atoms with Crippen LogP contribution in [0.5, 0.6) is 17.2 Å². The first-order chi connectivity index (χ1) is 20.6. The third kappa shape index (κ3) is 6.01. The minimum atomic E-state index is -1.68. The molecule has 0 bridgehead atoms. The Bertz CT molecular complexity index is 1280. The summed E-state index contributed by atoms with van der Waals surface area (Å²) >= 11 is 0. The van der Waals surface area contributed by atoms with E-state index in [1.54, 1.807) is 18.2 Å². The zero-order chi connectivity index (χ0) is 31.0. The van der Waals surface area contributed by atoms with Gasteiger partial charge in [0.05, 0.1) is 20.3 Å². The summed E-state index contributed by atoms with van der Waals surface area (Å²) < 4.78 is 33.4. The summed E-state index contributed by atoms with van der Waals surface area (Å²) in [6, 6.07) is 9.40. The number of fused-ring (bicyclic) bond motifs is 1. The standard InChI is InChI=1S/C28H34O15/c1-38-13-6-5-11(7-16(13)41-28-25(36)23(34)21(32)18(10-30)43-28)15-8-12-3-2-4-14(19(12)26(37)39-15)40-27-24(35)22(33)20(31)17(9-29)42-27/h2-7,15,17-18,20-25,27-36H,8-10H2,1H3/t15-,17-,18?,20-,21-,22?,23+,24-,25-,27-,28-/m1/s1. The molecule has 2 fully saturated rings. The number of aliphatic hydroxyl groups excluding tert-OH is 8. The highest BCUT2D eigenvalue weighted by Crippen LogP contribution is 2.40. The third-order valence-corrected chi connectivity index (χ3v) is 7.71. The lowest BCUT2D eigenvalue weighted by Gasteiger charge is -2.40. The van der Waals surface area contributed by atoms with Crippen molar-refractivity contribution in [3.05, 3.63) is 53.1 Å². The van der Waals surface area contributed by atoms with Gasteiger partial charge in [-0.05, 0) is 29.3 Å². The fraction of sp³-hybridized carbons (Fsp3) is 0.536. The lowest BCUT2D eigenvalue weighted by Crippen LogP contribution is -2.60. The molecule has 2 saturated heterocycles. The van der Waals surface area contributed by atoms with Gasteiger partial charge in [-0.2, -0.15) is 0 Å². The van der Waals surface area contributed by atoms with E-state index < -0.39 is 86.7 Å². The van der Waals surface area contributed by atoms with Crippen molar-refractivity contribution in [1.82, 2.24) is 0 Å². The van der Waals surface area contributed by atoms with Crippen molar-refractivity contribution in [3.8, 4) is 17.2 Å². The first kappa shape index (κ1) is 31.3. The first-order valence-electron chi connectivity index (χ1n) is 13.5. The third-order valence-electron chi connectivity index (χ3n) is 7.71. The fourth-order valence-electron chi connectivity index (χ4n) is 5.26. The number of aliphatic hydroxyl groups is 8. The van der Waals surface area contributed by atoms with Gasteiger partial charge in [0.2, 0.25) is 12.6 Å². The number of hydrogen-bond donors (Lipinski definition) is 8. The van der Waals surface area contributed by atoms with Crippen molar-refractivity contribution >= 4 is 5.97 Å². The first-order valence-corrected chi connectivity index (χ1v) is 13.5. The molecule has 0 aromatic heterocycles. The molecule has 15 heteroatoms. The number of carbonyl (C=O) groups excluding carboxylic acids is 1. The second-order valence-corrected chi connectivity index (χ2v) is 10.4. The maximum atomic E-state index is 13.2. The highest BCUT2D eigenvalue weighted by atomic mass is 16.7. The van der Waals surface area contributed by atoms with Crippen molar-refractivity contribution in [1.29, 1.82) is 0 Å². The van der Waals surface area contributed by atoms with Gasteiger partial charge < -0.3 is 69.3 Å². The Morgan fingerprint density at radius 3 is 1.88 bits per heavy atom. The largest absolute Gasteiger partial charge is 0.493 e. The number of esters is 1. The number of ether oxygens (including phenoxy) is 6. The fourth-order valence-corrected chi connectivity index (χ4v) is 5.26. The number of hydrogen-bond acceptors (Lipinski definition) is 15. The lowest BCUT2D eigenvalue weighted by molar-refractivity contribution is -0.277. The average molecular weight is 611 g/mol. The Labute approximate surface area is 245 Å². The Kier molecular flexibility index (Phi) is 9.38. The van der Waals surface area contributed by atoms with Crippen LogP contribution >= 0.6 is 0 Å². The molecule has 236 valence electrons. The molecule has 2 aromatic carbocycles. The van der Waals surface area contributed by atoms with Crippen molar-refractivity contribution in [2.24, 2.45) is 0 Å². The monoisotopic (exact) mass is 610 g/mol. The normalized spacial score (nSPS) is 35.9. The van der Waals surface area contributed by atoms with Crippen molar-refractivity contribution in [2.45, 2.75) is 73.9 Å². The van der Waals surface area contributed by atoms with E-state index in [9.17, 15) is 45.6 Å². The van der Waals surface area contributed by atoms with Gasteiger partial charge in [-0.3, -0.25) is 0 Å². The Balaban J connectivity index is 1.36. The number of carbonyl (C=O) groups is 1. The number of cyclic esters (lactones) is 1. The molecular formula is C28H34O15. The summed E-state index contributed by atoms with van der Waals surface area (Å²) in [4.78, 5) is 13.2. The van der Waals surface area contributed by atoms with Crippen LogP contribution in [0.25, 0.3) is 0 Å². The van der Waals surface area contributed by atoms with Crippen LogP contribution in [0.15, 0.2) is 36.4 Å². The molecule has 3 aliphatic rings. The minimum absolute atomic E-state index is 0.00773. The summed E-state index contributed by atoms with van der Waals surface area (Å²) in [5.74, 6) is -0.491. The highest BCUT2D eigenvalue weighted by molar-refractivity contribution is 5.95. The minimum Gasteiger partial charge on any atom is -0.493 e. The number of benzene rings is 2. The smallest absolute Gasteiger partial charge is 0.342 e. The molecule has 0 spiro atoms. The Morgan fingerprint density at radius 1 is 0.744 bits per heavy atom. The van der Waals surface area contributed by atoms with Crippen LogP contribution in [0.1, 0.15) is 27.6 Å². The molecule has 3 aliphatic heterocycles. The van der Waals surface area contributed by atoms with E-state index in [0.717, 1.165) is 0 Å². The molecule has 2 unspecified atom stereocenters. The molecule has 5 rings (SSSR count). The summed E-state index contributed by atoms with van der Waals surface area (Å²) in [5.41, 5.74) is 1.05. The number of rotatable bonds is 8. The molecule has 43 heavy (non-hydrogen) atoms. The van der Waals surface area contributed by atoms with Gasteiger partial charge in [-0.25, -0.2) is 4.79 Å². The maximum absolute atomic E-state index is 13.2. The van der Waals surface area contributed by atoms with E-state index in [0.29, 0.717) is 11.1 Å². The molecule has 11 atom stereocenters. The van der Waals surface area contributed by atoms with Crippen LogP contribution in [0, 0.1) is 0 Å². The van der Waals surface area contributed by atoms with Gasteiger partial charge in [0, 0.05) is 6.42 Å². The summed E-state index contributed by atoms with van der Waals surface area (Å²) in [6.45, 7) is -1.28. The second kappa shape index (κ2) is 12.9. The topological polar surface area (TPSA) is 234 Å². The van der Waals surface area contributed by atoms with Crippen LogP contribution in [0.3, 0.4) is 0 Å². The van der Waals surface area contributed by atoms with Crippen LogP contribution < -0.4 is 14.2 Å². The molecular weight excluding hydrogens is 576 g/mol.